The highest BCUT2D eigenvalue weighted by atomic mass is 16.5. The van der Waals surface area contributed by atoms with E-state index in [0.717, 1.165) is 31.5 Å². The summed E-state index contributed by atoms with van der Waals surface area (Å²) in [5.74, 6) is 1.17. The molecule has 1 N–H and O–H groups in total. The van der Waals surface area contributed by atoms with Gasteiger partial charge in [-0.25, -0.2) is 9.69 Å². The van der Waals surface area contributed by atoms with Crippen LogP contribution in [0.3, 0.4) is 0 Å². The third kappa shape index (κ3) is 2.98. The Labute approximate surface area is 142 Å². The first kappa shape index (κ1) is 16.8. The first-order valence-corrected chi connectivity index (χ1v) is 8.45. The van der Waals surface area contributed by atoms with E-state index in [9.17, 15) is 9.59 Å². The molecule has 6 nitrogen and oxygen atoms in total. The molecule has 0 saturated carbocycles. The van der Waals surface area contributed by atoms with Crippen LogP contribution in [0, 0.1) is 5.92 Å². The zero-order valence-corrected chi connectivity index (χ0v) is 14.5. The van der Waals surface area contributed by atoms with Gasteiger partial charge in [0.1, 0.15) is 11.3 Å². The molecule has 3 rings (SSSR count). The summed E-state index contributed by atoms with van der Waals surface area (Å²) in [5.41, 5.74) is -0.315. The van der Waals surface area contributed by atoms with Crippen molar-refractivity contribution in [3.8, 4) is 5.75 Å². The molecule has 2 fully saturated rings. The highest BCUT2D eigenvalue weighted by molar-refractivity contribution is 6.07. The molecule has 0 aromatic heterocycles. The standard InChI is InChI=1S/C18H25N3O3/c1-13-7-9-20(10-8-13)12-21-16(22)18(2,19-17(21)23)14-5-4-6-15(11-14)24-3/h4-6,11,13H,7-10,12H2,1-3H3,(H,19,23)/t18-/m0/s1. The van der Waals surface area contributed by atoms with Crippen molar-refractivity contribution >= 4 is 11.9 Å². The number of methoxy groups -OCH3 is 1. The van der Waals surface area contributed by atoms with E-state index in [-0.39, 0.29) is 11.9 Å². The molecule has 2 heterocycles. The van der Waals surface area contributed by atoms with E-state index in [1.807, 2.05) is 18.2 Å². The van der Waals surface area contributed by atoms with Gasteiger partial charge in [-0.2, -0.15) is 0 Å². The monoisotopic (exact) mass is 331 g/mol. The van der Waals surface area contributed by atoms with Crippen LogP contribution < -0.4 is 10.1 Å². The maximum atomic E-state index is 13.0. The third-order valence-electron chi connectivity index (χ3n) is 5.14. The average Bonchev–Trinajstić information content (AvgIpc) is 2.81. The minimum Gasteiger partial charge on any atom is -0.497 e. The maximum absolute atomic E-state index is 13.0. The van der Waals surface area contributed by atoms with Crippen LogP contribution in [-0.4, -0.2) is 48.6 Å². The lowest BCUT2D eigenvalue weighted by Crippen LogP contribution is -2.46. The van der Waals surface area contributed by atoms with Gasteiger partial charge in [-0.15, -0.1) is 0 Å². The lowest BCUT2D eigenvalue weighted by molar-refractivity contribution is -0.132. The van der Waals surface area contributed by atoms with E-state index in [1.165, 1.54) is 4.90 Å². The molecular weight excluding hydrogens is 306 g/mol. The Kier molecular flexibility index (Phi) is 4.49. The number of nitrogens with one attached hydrogen (secondary N) is 1. The summed E-state index contributed by atoms with van der Waals surface area (Å²) >= 11 is 0. The number of hydrogen-bond donors (Lipinski definition) is 1. The summed E-state index contributed by atoms with van der Waals surface area (Å²) in [5, 5.41) is 2.85. The Hall–Kier alpha value is -2.08. The Balaban J connectivity index is 1.77. The predicted octanol–water partition coefficient (Wildman–Crippen LogP) is 2.15. The predicted molar refractivity (Wildman–Crippen MR) is 90.6 cm³/mol. The summed E-state index contributed by atoms with van der Waals surface area (Å²) in [7, 11) is 1.58. The van der Waals surface area contributed by atoms with Crippen LogP contribution in [-0.2, 0) is 10.3 Å². The Morgan fingerprint density at radius 1 is 1.29 bits per heavy atom. The van der Waals surface area contributed by atoms with Gasteiger partial charge in [-0.3, -0.25) is 9.69 Å². The lowest BCUT2D eigenvalue weighted by Gasteiger charge is -2.32. The molecule has 1 aromatic carbocycles. The zero-order valence-electron chi connectivity index (χ0n) is 14.5. The number of carbonyl (C=O) groups excluding carboxylic acids is 2. The number of amides is 3. The molecule has 0 radical (unpaired) electrons. The molecule has 130 valence electrons. The summed E-state index contributed by atoms with van der Waals surface area (Å²) < 4.78 is 5.23. The number of carbonyl (C=O) groups is 2. The molecule has 1 aromatic rings. The molecule has 3 amide bonds. The number of urea groups is 1. The molecule has 2 aliphatic rings. The van der Waals surface area contributed by atoms with E-state index >= 15 is 0 Å². The van der Waals surface area contributed by atoms with Crippen molar-refractivity contribution in [2.75, 3.05) is 26.9 Å². The van der Waals surface area contributed by atoms with Gasteiger partial charge < -0.3 is 10.1 Å². The van der Waals surface area contributed by atoms with E-state index in [2.05, 4.69) is 17.1 Å². The van der Waals surface area contributed by atoms with Gasteiger partial charge in [0.2, 0.25) is 0 Å². The second-order valence-corrected chi connectivity index (χ2v) is 6.96. The molecule has 24 heavy (non-hydrogen) atoms. The average molecular weight is 331 g/mol. The fourth-order valence-electron chi connectivity index (χ4n) is 3.36. The minimum atomic E-state index is -1.05. The number of likely N-dealkylation sites (tertiary alicyclic amines) is 1. The molecule has 1 atom stereocenters. The molecule has 0 aliphatic carbocycles. The van der Waals surface area contributed by atoms with E-state index in [0.29, 0.717) is 18.3 Å². The molecule has 0 bridgehead atoms. The SMILES string of the molecule is COc1cccc([C@]2(C)NC(=O)N(CN3CCC(C)CC3)C2=O)c1. The van der Waals surface area contributed by atoms with Gasteiger partial charge in [0, 0.05) is 13.1 Å². The second kappa shape index (κ2) is 6.43. The van der Waals surface area contributed by atoms with Crippen LogP contribution in [0.2, 0.25) is 0 Å². The van der Waals surface area contributed by atoms with Gasteiger partial charge in [0.05, 0.1) is 13.8 Å². The van der Waals surface area contributed by atoms with Crippen LogP contribution in [0.25, 0.3) is 0 Å². The van der Waals surface area contributed by atoms with Crippen LogP contribution in [0.15, 0.2) is 24.3 Å². The van der Waals surface area contributed by atoms with Gasteiger partial charge >= 0.3 is 6.03 Å². The topological polar surface area (TPSA) is 61.9 Å². The first-order valence-electron chi connectivity index (χ1n) is 8.45. The second-order valence-electron chi connectivity index (χ2n) is 6.96. The van der Waals surface area contributed by atoms with E-state index in [1.54, 1.807) is 20.1 Å². The van der Waals surface area contributed by atoms with E-state index in [4.69, 9.17) is 4.74 Å². The van der Waals surface area contributed by atoms with Crippen molar-refractivity contribution in [1.29, 1.82) is 0 Å². The number of hydrogen-bond acceptors (Lipinski definition) is 4. The fraction of sp³-hybridized carbons (Fsp3) is 0.556. The third-order valence-corrected chi connectivity index (χ3v) is 5.14. The van der Waals surface area contributed by atoms with Crippen molar-refractivity contribution < 1.29 is 14.3 Å². The highest BCUT2D eigenvalue weighted by Gasteiger charge is 2.49. The Morgan fingerprint density at radius 3 is 2.67 bits per heavy atom. The highest BCUT2D eigenvalue weighted by Crippen LogP contribution is 2.31. The molecule has 6 heteroatoms. The Morgan fingerprint density at radius 2 is 2.00 bits per heavy atom. The van der Waals surface area contributed by atoms with Crippen LogP contribution in [0.4, 0.5) is 4.79 Å². The lowest BCUT2D eigenvalue weighted by atomic mass is 9.92. The van der Waals surface area contributed by atoms with Gasteiger partial charge in [0.25, 0.3) is 5.91 Å². The van der Waals surface area contributed by atoms with Crippen LogP contribution >= 0.6 is 0 Å². The van der Waals surface area contributed by atoms with Gasteiger partial charge in [0.15, 0.2) is 0 Å². The van der Waals surface area contributed by atoms with Crippen molar-refractivity contribution in [3.63, 3.8) is 0 Å². The summed E-state index contributed by atoms with van der Waals surface area (Å²) in [6.45, 7) is 6.20. The number of imide groups is 1. The number of rotatable bonds is 4. The van der Waals surface area contributed by atoms with Crippen LogP contribution in [0.5, 0.6) is 5.75 Å². The fourth-order valence-corrected chi connectivity index (χ4v) is 3.36. The smallest absolute Gasteiger partial charge is 0.326 e. The summed E-state index contributed by atoms with van der Waals surface area (Å²) in [6.07, 6.45) is 2.22. The number of nitrogens with zero attached hydrogens (tertiary/aromatic N) is 2. The molecular formula is C18H25N3O3. The minimum absolute atomic E-state index is 0.209. The quantitative estimate of drug-likeness (QED) is 0.859. The Bertz CT molecular complexity index is 640. The van der Waals surface area contributed by atoms with E-state index < -0.39 is 5.54 Å². The number of piperidine rings is 1. The number of ether oxygens (including phenoxy) is 1. The molecule has 0 unspecified atom stereocenters. The van der Waals surface area contributed by atoms with Crippen molar-refractivity contribution in [1.82, 2.24) is 15.1 Å². The van der Waals surface area contributed by atoms with Gasteiger partial charge in [-0.1, -0.05) is 19.1 Å². The summed E-state index contributed by atoms with van der Waals surface area (Å²) in [6, 6.07) is 6.95. The zero-order chi connectivity index (χ0) is 17.3. The van der Waals surface area contributed by atoms with Crippen molar-refractivity contribution in [2.45, 2.75) is 32.2 Å². The molecule has 2 saturated heterocycles. The summed E-state index contributed by atoms with van der Waals surface area (Å²) in [4.78, 5) is 28.9. The van der Waals surface area contributed by atoms with Gasteiger partial charge in [-0.05, 0) is 43.4 Å². The first-order chi connectivity index (χ1) is 11.4. The number of benzene rings is 1. The van der Waals surface area contributed by atoms with Crippen molar-refractivity contribution in [2.24, 2.45) is 5.92 Å². The van der Waals surface area contributed by atoms with Crippen LogP contribution in [0.1, 0.15) is 32.3 Å². The molecule has 0 spiro atoms. The molecule has 2 aliphatic heterocycles. The van der Waals surface area contributed by atoms with Crippen molar-refractivity contribution in [3.05, 3.63) is 29.8 Å². The largest absolute Gasteiger partial charge is 0.497 e. The maximum Gasteiger partial charge on any atom is 0.326 e. The normalized spacial score (nSPS) is 25.9.